The van der Waals surface area contributed by atoms with E-state index in [0.717, 1.165) is 23.5 Å². The zero-order valence-corrected chi connectivity index (χ0v) is 13.8. The van der Waals surface area contributed by atoms with Crippen molar-refractivity contribution in [3.8, 4) is 0 Å². The van der Waals surface area contributed by atoms with Crippen LogP contribution in [0.1, 0.15) is 31.1 Å². The maximum absolute atomic E-state index is 12.5. The lowest BCUT2D eigenvalue weighted by Gasteiger charge is -2.31. The minimum Gasteiger partial charge on any atom is -0.379 e. The predicted molar refractivity (Wildman–Crippen MR) is 86.7 cm³/mol. The van der Waals surface area contributed by atoms with Crippen molar-refractivity contribution in [3.05, 3.63) is 29.8 Å². The Morgan fingerprint density at radius 3 is 2.38 bits per heavy atom. The monoisotopic (exact) mass is 308 g/mol. The van der Waals surface area contributed by atoms with Crippen LogP contribution in [0.4, 0.5) is 0 Å². The lowest BCUT2D eigenvalue weighted by molar-refractivity contribution is 0.0208. The number of hydrogen-bond donors (Lipinski definition) is 1. The Morgan fingerprint density at radius 2 is 1.86 bits per heavy atom. The Hall–Kier alpha value is -0.880. The van der Waals surface area contributed by atoms with Gasteiger partial charge in [-0.05, 0) is 32.9 Å². The number of benzene rings is 1. The Morgan fingerprint density at radius 1 is 1.29 bits per heavy atom. The quantitative estimate of drug-likeness (QED) is 0.514. The van der Waals surface area contributed by atoms with Crippen LogP contribution in [-0.4, -0.2) is 47.9 Å². The van der Waals surface area contributed by atoms with Crippen molar-refractivity contribution < 1.29 is 9.53 Å². The van der Waals surface area contributed by atoms with Gasteiger partial charge in [0.25, 0.3) is 0 Å². The highest BCUT2D eigenvalue weighted by atomic mass is 32.2. The van der Waals surface area contributed by atoms with E-state index in [1.807, 2.05) is 45.0 Å². The molecule has 21 heavy (non-hydrogen) atoms. The van der Waals surface area contributed by atoms with Gasteiger partial charge in [0.1, 0.15) is 0 Å². The maximum Gasteiger partial charge on any atom is 0.179 e. The summed E-state index contributed by atoms with van der Waals surface area (Å²) in [6.45, 7) is 8.97. The van der Waals surface area contributed by atoms with Crippen LogP contribution in [0.2, 0.25) is 0 Å². The largest absolute Gasteiger partial charge is 0.379 e. The van der Waals surface area contributed by atoms with Crippen molar-refractivity contribution in [1.29, 1.82) is 0 Å². The minimum absolute atomic E-state index is 0.0987. The van der Waals surface area contributed by atoms with Crippen molar-refractivity contribution in [2.24, 2.45) is 5.73 Å². The molecule has 0 saturated carbocycles. The fourth-order valence-corrected chi connectivity index (χ4v) is 3.24. The molecule has 0 bridgehead atoms. The molecule has 2 rings (SSSR count). The first kappa shape index (κ1) is 16.5. The molecule has 4 nitrogen and oxygen atoms in total. The topological polar surface area (TPSA) is 55.6 Å². The van der Waals surface area contributed by atoms with Gasteiger partial charge in [0, 0.05) is 23.5 Å². The zero-order chi connectivity index (χ0) is 15.5. The molecule has 1 aromatic rings. The maximum atomic E-state index is 12.5. The van der Waals surface area contributed by atoms with Gasteiger partial charge in [0.15, 0.2) is 5.78 Å². The van der Waals surface area contributed by atoms with E-state index in [2.05, 4.69) is 4.90 Å². The van der Waals surface area contributed by atoms with Gasteiger partial charge in [-0.3, -0.25) is 9.69 Å². The molecule has 1 aromatic carbocycles. The van der Waals surface area contributed by atoms with Crippen LogP contribution in [0.25, 0.3) is 0 Å². The number of morpholine rings is 1. The lowest BCUT2D eigenvalue weighted by atomic mass is 10.0. The van der Waals surface area contributed by atoms with Crippen LogP contribution in [0.15, 0.2) is 29.2 Å². The highest BCUT2D eigenvalue weighted by Crippen LogP contribution is 2.28. The molecule has 0 spiro atoms. The van der Waals surface area contributed by atoms with E-state index >= 15 is 0 Å². The summed E-state index contributed by atoms with van der Waals surface area (Å²) >= 11 is 1.60. The van der Waals surface area contributed by atoms with Crippen molar-refractivity contribution in [3.63, 3.8) is 0 Å². The smallest absolute Gasteiger partial charge is 0.179 e. The molecule has 5 heteroatoms. The van der Waals surface area contributed by atoms with E-state index in [9.17, 15) is 4.79 Å². The molecule has 2 N–H and O–H groups in total. The summed E-state index contributed by atoms with van der Waals surface area (Å²) in [6.07, 6.45) is 0. The van der Waals surface area contributed by atoms with Crippen LogP contribution in [0, 0.1) is 0 Å². The Balaban J connectivity index is 2.02. The summed E-state index contributed by atoms with van der Waals surface area (Å²) in [5, 5.41) is 0. The normalized spacial score (nSPS) is 18.5. The lowest BCUT2D eigenvalue weighted by Crippen LogP contribution is -2.45. The van der Waals surface area contributed by atoms with Crippen molar-refractivity contribution >= 4 is 17.5 Å². The van der Waals surface area contributed by atoms with Crippen LogP contribution in [-0.2, 0) is 4.74 Å². The van der Waals surface area contributed by atoms with E-state index < -0.39 is 0 Å². The fraction of sp³-hybridized carbons (Fsp3) is 0.562. The number of thioether (sulfide) groups is 1. The van der Waals surface area contributed by atoms with Gasteiger partial charge in [0.2, 0.25) is 0 Å². The standard InChI is InChI=1S/C16H24N2O2S/c1-12(18-8-10-20-11-9-18)15(19)13-4-6-14(7-5-13)21-16(2,3)17/h4-7,12H,8-11,17H2,1-3H3. The third-order valence-electron chi connectivity index (χ3n) is 3.49. The van der Waals surface area contributed by atoms with Crippen molar-refractivity contribution in [2.45, 2.75) is 36.6 Å². The Bertz CT molecular complexity index is 476. The van der Waals surface area contributed by atoms with Gasteiger partial charge in [-0.2, -0.15) is 0 Å². The average molecular weight is 308 g/mol. The number of rotatable bonds is 5. The van der Waals surface area contributed by atoms with Gasteiger partial charge in [-0.25, -0.2) is 0 Å². The molecule has 116 valence electrons. The van der Waals surface area contributed by atoms with Crippen molar-refractivity contribution in [1.82, 2.24) is 4.90 Å². The summed E-state index contributed by atoms with van der Waals surface area (Å²) in [6, 6.07) is 7.64. The van der Waals surface area contributed by atoms with Crippen LogP contribution < -0.4 is 5.73 Å². The predicted octanol–water partition coefficient (Wildman–Crippen LogP) is 2.38. The first-order valence-electron chi connectivity index (χ1n) is 7.31. The highest BCUT2D eigenvalue weighted by molar-refractivity contribution is 8.00. The summed E-state index contributed by atoms with van der Waals surface area (Å²) < 4.78 is 5.33. The van der Waals surface area contributed by atoms with Crippen LogP contribution in [0.3, 0.4) is 0 Å². The van der Waals surface area contributed by atoms with Gasteiger partial charge < -0.3 is 10.5 Å². The van der Waals surface area contributed by atoms with Gasteiger partial charge in [-0.15, -0.1) is 11.8 Å². The molecule has 1 aliphatic heterocycles. The molecule has 0 amide bonds. The summed E-state index contributed by atoms with van der Waals surface area (Å²) in [5.74, 6) is 0.167. The number of ether oxygens (including phenoxy) is 1. The van der Waals surface area contributed by atoms with Crippen LogP contribution in [0.5, 0.6) is 0 Å². The molecule has 0 aliphatic carbocycles. The number of hydrogen-bond acceptors (Lipinski definition) is 5. The van der Waals surface area contributed by atoms with Crippen molar-refractivity contribution in [2.75, 3.05) is 26.3 Å². The number of ketones is 1. The third kappa shape index (κ3) is 4.81. The number of nitrogens with two attached hydrogens (primary N) is 1. The Labute approximate surface area is 131 Å². The Kier molecular flexibility index (Phi) is 5.43. The average Bonchev–Trinajstić information content (AvgIpc) is 2.46. The molecule has 0 aromatic heterocycles. The van der Waals surface area contributed by atoms with Gasteiger partial charge in [-0.1, -0.05) is 12.1 Å². The summed E-state index contributed by atoms with van der Waals surface area (Å²) in [4.78, 5) is 15.5. The molecule has 1 fully saturated rings. The number of nitrogens with zero attached hydrogens (tertiary/aromatic N) is 1. The van der Waals surface area contributed by atoms with E-state index in [-0.39, 0.29) is 16.7 Å². The zero-order valence-electron chi connectivity index (χ0n) is 13.0. The van der Waals surface area contributed by atoms with E-state index in [1.165, 1.54) is 0 Å². The molecule has 1 heterocycles. The van der Waals surface area contributed by atoms with E-state index in [0.29, 0.717) is 13.2 Å². The first-order valence-corrected chi connectivity index (χ1v) is 8.12. The van der Waals surface area contributed by atoms with Gasteiger partial charge in [0.05, 0.1) is 24.1 Å². The summed E-state index contributed by atoms with van der Waals surface area (Å²) in [5.41, 5.74) is 6.75. The second-order valence-electron chi connectivity index (χ2n) is 5.92. The van der Waals surface area contributed by atoms with E-state index in [4.69, 9.17) is 10.5 Å². The summed E-state index contributed by atoms with van der Waals surface area (Å²) in [7, 11) is 0. The minimum atomic E-state index is -0.313. The number of carbonyl (C=O) groups excluding carboxylic acids is 1. The molecule has 1 atom stereocenters. The van der Waals surface area contributed by atoms with Crippen LogP contribution >= 0.6 is 11.8 Å². The SMILES string of the molecule is CC(C(=O)c1ccc(SC(C)(C)N)cc1)N1CCOCC1. The second-order valence-corrected chi connectivity index (χ2v) is 7.65. The van der Waals surface area contributed by atoms with Gasteiger partial charge >= 0.3 is 0 Å². The van der Waals surface area contributed by atoms with E-state index in [1.54, 1.807) is 11.8 Å². The number of carbonyl (C=O) groups is 1. The molecule has 1 aliphatic rings. The molecule has 0 radical (unpaired) electrons. The first-order chi connectivity index (χ1) is 9.87. The molecular weight excluding hydrogens is 284 g/mol. The molecule has 1 unspecified atom stereocenters. The highest BCUT2D eigenvalue weighted by Gasteiger charge is 2.24. The third-order valence-corrected chi connectivity index (χ3v) is 4.53. The molecule has 1 saturated heterocycles. The molecular formula is C16H24N2O2S. The second kappa shape index (κ2) is 6.92. The number of Topliss-reactive ketones (excluding diaryl/α,β-unsaturated/α-hetero) is 1. The fourth-order valence-electron chi connectivity index (χ4n) is 2.36.